The smallest absolute Gasteiger partial charge is 0.263 e. The number of carbonyl (C=O) groups is 1. The molecule has 2 heterocycles. The van der Waals surface area contributed by atoms with Crippen molar-refractivity contribution in [3.63, 3.8) is 0 Å². The van der Waals surface area contributed by atoms with Gasteiger partial charge in [-0.3, -0.25) is 4.79 Å². The second-order valence-corrected chi connectivity index (χ2v) is 5.28. The summed E-state index contributed by atoms with van der Waals surface area (Å²) in [5, 5.41) is 0. The largest absolute Gasteiger partial charge is 0.480 e. The zero-order chi connectivity index (χ0) is 13.2. The molecule has 19 heavy (non-hydrogen) atoms. The van der Waals surface area contributed by atoms with Crippen LogP contribution >= 0.6 is 0 Å². The Morgan fingerprint density at radius 3 is 2.84 bits per heavy atom. The Morgan fingerprint density at radius 1 is 1.26 bits per heavy atom. The summed E-state index contributed by atoms with van der Waals surface area (Å²) in [4.78, 5) is 14.3. The Labute approximate surface area is 112 Å². The number of hydrogen-bond acceptors (Lipinski definition) is 2. The van der Waals surface area contributed by atoms with Gasteiger partial charge in [-0.25, -0.2) is 4.39 Å². The van der Waals surface area contributed by atoms with E-state index in [1.54, 1.807) is 6.07 Å². The maximum atomic E-state index is 13.1. The fourth-order valence-electron chi connectivity index (χ4n) is 2.85. The molecule has 0 radical (unpaired) electrons. The molecule has 4 heteroatoms. The number of nitrogens with zero attached hydrogens (tertiary/aromatic N) is 1. The monoisotopic (exact) mass is 263 g/mol. The van der Waals surface area contributed by atoms with E-state index in [2.05, 4.69) is 0 Å². The first kappa shape index (κ1) is 12.5. The molecule has 2 aliphatic heterocycles. The normalized spacial score (nSPS) is 22.6. The Kier molecular flexibility index (Phi) is 3.40. The minimum atomic E-state index is -0.393. The predicted octanol–water partition coefficient (Wildman–Crippen LogP) is 2.53. The van der Waals surface area contributed by atoms with E-state index in [0.717, 1.165) is 31.5 Å². The molecule has 2 aliphatic rings. The number of aryl methyl sites for hydroxylation is 1. The van der Waals surface area contributed by atoms with E-state index in [-0.39, 0.29) is 11.7 Å². The predicted molar refractivity (Wildman–Crippen MR) is 69.6 cm³/mol. The highest BCUT2D eigenvalue weighted by molar-refractivity contribution is 5.81. The Bertz CT molecular complexity index is 483. The van der Waals surface area contributed by atoms with Gasteiger partial charge in [0.15, 0.2) is 6.10 Å². The minimum Gasteiger partial charge on any atom is -0.480 e. The highest BCUT2D eigenvalue weighted by Crippen LogP contribution is 2.29. The number of amides is 1. The van der Waals surface area contributed by atoms with Crippen LogP contribution in [0.2, 0.25) is 0 Å². The summed E-state index contributed by atoms with van der Waals surface area (Å²) in [7, 11) is 0. The number of hydrogen-bond donors (Lipinski definition) is 0. The van der Waals surface area contributed by atoms with Crippen molar-refractivity contribution < 1.29 is 13.9 Å². The quantitative estimate of drug-likeness (QED) is 0.779. The van der Waals surface area contributed by atoms with Crippen molar-refractivity contribution in [3.05, 3.63) is 29.6 Å². The van der Waals surface area contributed by atoms with Gasteiger partial charge in [0.2, 0.25) is 0 Å². The lowest BCUT2D eigenvalue weighted by molar-refractivity contribution is -0.140. The third kappa shape index (κ3) is 2.57. The average molecular weight is 263 g/mol. The molecule has 3 rings (SSSR count). The van der Waals surface area contributed by atoms with Gasteiger partial charge in [0, 0.05) is 13.1 Å². The van der Waals surface area contributed by atoms with Crippen molar-refractivity contribution in [1.82, 2.24) is 4.90 Å². The summed E-state index contributed by atoms with van der Waals surface area (Å²) < 4.78 is 18.9. The molecule has 102 valence electrons. The third-order valence-electron chi connectivity index (χ3n) is 3.91. The lowest BCUT2D eigenvalue weighted by Gasteiger charge is -2.32. The van der Waals surface area contributed by atoms with Crippen LogP contribution in [0.25, 0.3) is 0 Å². The summed E-state index contributed by atoms with van der Waals surface area (Å²) in [5.41, 5.74) is 0.864. The lowest BCUT2D eigenvalue weighted by atomic mass is 10.0. The molecule has 0 aromatic heterocycles. The zero-order valence-corrected chi connectivity index (χ0v) is 10.9. The molecule has 1 saturated heterocycles. The maximum Gasteiger partial charge on any atom is 0.263 e. The fourth-order valence-corrected chi connectivity index (χ4v) is 2.85. The molecule has 1 atom stereocenters. The summed E-state index contributed by atoms with van der Waals surface area (Å²) in [6.45, 7) is 1.68. The van der Waals surface area contributed by atoms with Crippen molar-refractivity contribution in [3.8, 4) is 5.75 Å². The van der Waals surface area contributed by atoms with Gasteiger partial charge < -0.3 is 9.64 Å². The Morgan fingerprint density at radius 2 is 2.05 bits per heavy atom. The topological polar surface area (TPSA) is 29.5 Å². The van der Waals surface area contributed by atoms with Crippen molar-refractivity contribution in [2.45, 2.75) is 38.2 Å². The second-order valence-electron chi connectivity index (χ2n) is 5.28. The van der Waals surface area contributed by atoms with Crippen LogP contribution in [-0.4, -0.2) is 30.0 Å². The van der Waals surface area contributed by atoms with Gasteiger partial charge in [-0.05, 0) is 55.9 Å². The summed E-state index contributed by atoms with van der Waals surface area (Å²) in [6.07, 6.45) is 4.33. The minimum absolute atomic E-state index is 0.0923. The number of carbonyl (C=O) groups excluding carboxylic acids is 1. The lowest BCUT2D eigenvalue weighted by Crippen LogP contribution is -2.45. The van der Waals surface area contributed by atoms with Gasteiger partial charge in [-0.2, -0.15) is 0 Å². The van der Waals surface area contributed by atoms with Crippen LogP contribution in [0, 0.1) is 5.82 Å². The van der Waals surface area contributed by atoms with Gasteiger partial charge in [0.1, 0.15) is 11.6 Å². The molecule has 0 saturated carbocycles. The zero-order valence-electron chi connectivity index (χ0n) is 10.9. The summed E-state index contributed by atoms with van der Waals surface area (Å²) >= 11 is 0. The molecule has 0 spiro atoms. The first-order valence-corrected chi connectivity index (χ1v) is 6.98. The molecule has 3 nitrogen and oxygen atoms in total. The molecule has 1 aromatic rings. The SMILES string of the molecule is O=C([C@H]1CCc2cc(F)ccc2O1)N1CCCCC1. The van der Waals surface area contributed by atoms with Crippen LogP contribution in [0.5, 0.6) is 5.75 Å². The standard InChI is InChI=1S/C15H18FNO2/c16-12-5-7-13-11(10-12)4-6-14(19-13)15(18)17-8-2-1-3-9-17/h5,7,10,14H,1-4,6,8-9H2/t14-/m1/s1. The van der Waals surface area contributed by atoms with E-state index in [4.69, 9.17) is 4.74 Å². The van der Waals surface area contributed by atoms with Gasteiger partial charge in [-0.15, -0.1) is 0 Å². The fraction of sp³-hybridized carbons (Fsp3) is 0.533. The number of piperidine rings is 1. The maximum absolute atomic E-state index is 13.1. The summed E-state index contributed by atoms with van der Waals surface area (Å²) in [6, 6.07) is 4.50. The molecule has 1 aromatic carbocycles. The van der Waals surface area contributed by atoms with E-state index < -0.39 is 6.10 Å². The van der Waals surface area contributed by atoms with E-state index in [0.29, 0.717) is 18.6 Å². The van der Waals surface area contributed by atoms with Crippen LogP contribution < -0.4 is 4.74 Å². The highest BCUT2D eigenvalue weighted by atomic mass is 19.1. The third-order valence-corrected chi connectivity index (χ3v) is 3.91. The molecular formula is C15H18FNO2. The molecule has 0 bridgehead atoms. The van der Waals surface area contributed by atoms with E-state index >= 15 is 0 Å². The number of likely N-dealkylation sites (tertiary alicyclic amines) is 1. The van der Waals surface area contributed by atoms with Gasteiger partial charge in [0.05, 0.1) is 0 Å². The van der Waals surface area contributed by atoms with E-state index in [1.807, 2.05) is 4.90 Å². The number of halogens is 1. The van der Waals surface area contributed by atoms with E-state index in [1.165, 1.54) is 18.6 Å². The van der Waals surface area contributed by atoms with Crippen molar-refractivity contribution in [1.29, 1.82) is 0 Å². The van der Waals surface area contributed by atoms with Gasteiger partial charge >= 0.3 is 0 Å². The van der Waals surface area contributed by atoms with Gasteiger partial charge in [-0.1, -0.05) is 0 Å². The first-order chi connectivity index (χ1) is 9.24. The van der Waals surface area contributed by atoms with Crippen LogP contribution in [0.15, 0.2) is 18.2 Å². The Hall–Kier alpha value is -1.58. The number of fused-ring (bicyclic) bond motifs is 1. The summed E-state index contributed by atoms with van der Waals surface area (Å²) in [5.74, 6) is 0.501. The van der Waals surface area contributed by atoms with Crippen molar-refractivity contribution in [2.24, 2.45) is 0 Å². The van der Waals surface area contributed by atoms with Crippen LogP contribution in [0.4, 0.5) is 4.39 Å². The average Bonchev–Trinajstić information content (AvgIpc) is 2.47. The number of benzene rings is 1. The first-order valence-electron chi connectivity index (χ1n) is 6.98. The molecule has 0 aliphatic carbocycles. The highest BCUT2D eigenvalue weighted by Gasteiger charge is 2.30. The molecule has 0 unspecified atom stereocenters. The second kappa shape index (κ2) is 5.19. The molecule has 1 fully saturated rings. The molecule has 1 amide bonds. The van der Waals surface area contributed by atoms with Crippen LogP contribution in [0.3, 0.4) is 0 Å². The van der Waals surface area contributed by atoms with Crippen LogP contribution in [0.1, 0.15) is 31.2 Å². The van der Waals surface area contributed by atoms with E-state index in [9.17, 15) is 9.18 Å². The van der Waals surface area contributed by atoms with Crippen molar-refractivity contribution >= 4 is 5.91 Å². The van der Waals surface area contributed by atoms with Crippen LogP contribution in [-0.2, 0) is 11.2 Å². The number of rotatable bonds is 1. The van der Waals surface area contributed by atoms with Crippen molar-refractivity contribution in [2.75, 3.05) is 13.1 Å². The van der Waals surface area contributed by atoms with Gasteiger partial charge in [0.25, 0.3) is 5.91 Å². The number of ether oxygens (including phenoxy) is 1. The molecular weight excluding hydrogens is 245 g/mol. The molecule has 0 N–H and O–H groups in total. The Balaban J connectivity index is 1.71.